The standard InChI is InChI=1S/C17H21ClN8O2/c18-8-5-12(27)11(13(28)6-8)7-20-15-14-16(25-26-24-14)23-17(22-15)21-10-3-1-9(19)2-4-10/h5-6,9-10,27-28H,1-4,7,19H2,(H3,20,21,22,23,24,25,26). The molecule has 0 atom stereocenters. The molecule has 1 saturated carbocycles. The molecule has 28 heavy (non-hydrogen) atoms. The number of hydrogen-bond acceptors (Lipinski definition) is 9. The second-order valence-electron chi connectivity index (χ2n) is 6.92. The van der Waals surface area contributed by atoms with E-state index in [4.69, 9.17) is 17.3 Å². The summed E-state index contributed by atoms with van der Waals surface area (Å²) in [7, 11) is 0. The van der Waals surface area contributed by atoms with Crippen molar-refractivity contribution in [1.29, 1.82) is 0 Å². The summed E-state index contributed by atoms with van der Waals surface area (Å²) in [5.74, 6) is 0.649. The predicted molar refractivity (Wildman–Crippen MR) is 105 cm³/mol. The van der Waals surface area contributed by atoms with Crippen LogP contribution in [0.4, 0.5) is 11.8 Å². The number of aromatic nitrogens is 5. The SMILES string of the molecule is NC1CCC(Nc2nc(NCc3c(O)cc(Cl)cc3O)c3n[nH]nc3n2)CC1. The maximum absolute atomic E-state index is 10.0. The number of benzene rings is 1. The van der Waals surface area contributed by atoms with Crippen molar-refractivity contribution in [3.63, 3.8) is 0 Å². The van der Waals surface area contributed by atoms with Gasteiger partial charge in [0.1, 0.15) is 11.5 Å². The molecule has 2 aromatic heterocycles. The van der Waals surface area contributed by atoms with E-state index in [1.54, 1.807) is 0 Å². The number of nitrogens with one attached hydrogen (secondary N) is 3. The molecule has 11 heteroatoms. The van der Waals surface area contributed by atoms with Crippen LogP contribution in [0, 0.1) is 0 Å². The Labute approximate surface area is 165 Å². The van der Waals surface area contributed by atoms with Crippen molar-refractivity contribution in [2.45, 2.75) is 44.3 Å². The highest BCUT2D eigenvalue weighted by atomic mass is 35.5. The number of nitrogens with zero attached hydrogens (tertiary/aromatic N) is 4. The number of nitrogens with two attached hydrogens (primary N) is 1. The van der Waals surface area contributed by atoms with E-state index in [9.17, 15) is 10.2 Å². The number of phenols is 2. The lowest BCUT2D eigenvalue weighted by atomic mass is 9.92. The smallest absolute Gasteiger partial charge is 0.227 e. The van der Waals surface area contributed by atoms with E-state index < -0.39 is 0 Å². The maximum atomic E-state index is 10.0. The second kappa shape index (κ2) is 7.64. The molecule has 10 nitrogen and oxygen atoms in total. The number of halogens is 1. The number of hydrogen-bond donors (Lipinski definition) is 6. The Morgan fingerprint density at radius 3 is 2.54 bits per heavy atom. The van der Waals surface area contributed by atoms with Gasteiger partial charge in [0, 0.05) is 23.7 Å². The van der Waals surface area contributed by atoms with Crippen LogP contribution in [-0.4, -0.2) is 47.7 Å². The first kappa shape index (κ1) is 18.5. The Bertz CT molecular complexity index is 963. The predicted octanol–water partition coefficient (Wildman–Crippen LogP) is 2.11. The van der Waals surface area contributed by atoms with E-state index in [1.165, 1.54) is 12.1 Å². The largest absolute Gasteiger partial charge is 0.507 e. The van der Waals surface area contributed by atoms with Gasteiger partial charge in [0.05, 0.1) is 5.56 Å². The molecule has 4 rings (SSSR count). The van der Waals surface area contributed by atoms with Gasteiger partial charge < -0.3 is 26.6 Å². The van der Waals surface area contributed by atoms with Gasteiger partial charge in [0.2, 0.25) is 11.6 Å². The quantitative estimate of drug-likeness (QED) is 0.374. The number of fused-ring (bicyclic) bond motifs is 1. The number of anilines is 2. The molecule has 0 amide bonds. The van der Waals surface area contributed by atoms with Crippen molar-refractivity contribution in [2.24, 2.45) is 5.73 Å². The molecule has 1 aromatic carbocycles. The Balaban J connectivity index is 1.56. The molecule has 7 N–H and O–H groups in total. The highest BCUT2D eigenvalue weighted by Gasteiger charge is 2.20. The lowest BCUT2D eigenvalue weighted by Crippen LogP contribution is -2.33. The Morgan fingerprint density at radius 1 is 1.11 bits per heavy atom. The molecule has 0 spiro atoms. The number of phenolic OH excluding ortho intramolecular Hbond substituents is 2. The maximum Gasteiger partial charge on any atom is 0.227 e. The first-order valence-electron chi connectivity index (χ1n) is 9.04. The highest BCUT2D eigenvalue weighted by Crippen LogP contribution is 2.32. The zero-order valence-corrected chi connectivity index (χ0v) is 15.7. The third kappa shape index (κ3) is 3.87. The summed E-state index contributed by atoms with van der Waals surface area (Å²) < 4.78 is 0. The van der Waals surface area contributed by atoms with Crippen molar-refractivity contribution < 1.29 is 10.2 Å². The summed E-state index contributed by atoms with van der Waals surface area (Å²) in [4.78, 5) is 8.90. The van der Waals surface area contributed by atoms with Gasteiger partial charge in [-0.1, -0.05) is 11.6 Å². The first-order chi connectivity index (χ1) is 13.5. The van der Waals surface area contributed by atoms with Crippen LogP contribution < -0.4 is 16.4 Å². The zero-order valence-electron chi connectivity index (χ0n) is 15.0. The van der Waals surface area contributed by atoms with Gasteiger partial charge in [0.15, 0.2) is 11.3 Å². The molecule has 0 aliphatic heterocycles. The van der Waals surface area contributed by atoms with Crippen LogP contribution in [0.25, 0.3) is 11.2 Å². The number of rotatable bonds is 5. The van der Waals surface area contributed by atoms with Crippen molar-refractivity contribution in [1.82, 2.24) is 25.4 Å². The number of aromatic amines is 1. The van der Waals surface area contributed by atoms with E-state index in [1.807, 2.05) is 0 Å². The molecule has 1 aliphatic rings. The molecule has 0 unspecified atom stereocenters. The summed E-state index contributed by atoms with van der Waals surface area (Å²) in [6, 6.07) is 3.24. The van der Waals surface area contributed by atoms with Crippen molar-refractivity contribution in [3.05, 3.63) is 22.7 Å². The monoisotopic (exact) mass is 404 g/mol. The minimum atomic E-state index is -0.111. The fourth-order valence-corrected chi connectivity index (χ4v) is 3.55. The van der Waals surface area contributed by atoms with Gasteiger partial charge in [0.25, 0.3) is 0 Å². The molecule has 3 aromatic rings. The van der Waals surface area contributed by atoms with Crippen LogP contribution in [0.2, 0.25) is 5.02 Å². The van der Waals surface area contributed by atoms with Crippen LogP contribution in [-0.2, 0) is 6.54 Å². The lowest BCUT2D eigenvalue weighted by molar-refractivity contribution is 0.410. The summed E-state index contributed by atoms with van der Waals surface area (Å²) >= 11 is 5.83. The van der Waals surface area contributed by atoms with Crippen molar-refractivity contribution >= 4 is 34.5 Å². The molecule has 1 fully saturated rings. The zero-order chi connectivity index (χ0) is 19.7. The molecule has 0 bridgehead atoms. The lowest BCUT2D eigenvalue weighted by Gasteiger charge is -2.26. The van der Waals surface area contributed by atoms with Crippen LogP contribution in [0.5, 0.6) is 11.5 Å². The number of H-pyrrole nitrogens is 1. The van der Waals surface area contributed by atoms with Gasteiger partial charge in [-0.15, -0.1) is 5.10 Å². The van der Waals surface area contributed by atoms with Crippen LogP contribution in [0.3, 0.4) is 0 Å². The van der Waals surface area contributed by atoms with Crippen LogP contribution in [0.1, 0.15) is 31.2 Å². The summed E-state index contributed by atoms with van der Waals surface area (Å²) in [6.45, 7) is 0.117. The van der Waals surface area contributed by atoms with Gasteiger partial charge in [-0.05, 0) is 37.8 Å². The van der Waals surface area contributed by atoms with E-state index in [0.717, 1.165) is 25.7 Å². The normalized spacial score (nSPS) is 19.6. The van der Waals surface area contributed by atoms with Crippen LogP contribution in [0.15, 0.2) is 12.1 Å². The van der Waals surface area contributed by atoms with E-state index in [2.05, 4.69) is 36.0 Å². The van der Waals surface area contributed by atoms with Crippen molar-refractivity contribution in [3.8, 4) is 11.5 Å². The molecular formula is C17H21ClN8O2. The third-order valence-electron chi connectivity index (χ3n) is 4.89. The average molecular weight is 405 g/mol. The Kier molecular flexibility index (Phi) is 5.05. The van der Waals surface area contributed by atoms with E-state index >= 15 is 0 Å². The fraction of sp³-hybridized carbons (Fsp3) is 0.412. The highest BCUT2D eigenvalue weighted by molar-refractivity contribution is 6.30. The Hall–Kier alpha value is -2.85. The van der Waals surface area contributed by atoms with Gasteiger partial charge in [-0.25, -0.2) is 0 Å². The summed E-state index contributed by atoms with van der Waals surface area (Å²) in [5, 5.41) is 37.4. The average Bonchev–Trinajstić information content (AvgIpc) is 3.11. The van der Waals surface area contributed by atoms with Gasteiger partial charge in [-0.2, -0.15) is 20.3 Å². The second-order valence-corrected chi connectivity index (χ2v) is 7.36. The number of aromatic hydroxyl groups is 2. The minimum Gasteiger partial charge on any atom is -0.507 e. The minimum absolute atomic E-state index is 0.111. The summed E-state index contributed by atoms with van der Waals surface area (Å²) in [5.41, 5.74) is 7.14. The van der Waals surface area contributed by atoms with E-state index in [0.29, 0.717) is 28.5 Å². The van der Waals surface area contributed by atoms with Crippen molar-refractivity contribution in [2.75, 3.05) is 10.6 Å². The topological polar surface area (TPSA) is 158 Å². The molecule has 0 radical (unpaired) electrons. The molecular weight excluding hydrogens is 384 g/mol. The molecule has 2 heterocycles. The van der Waals surface area contributed by atoms with Crippen LogP contribution >= 0.6 is 11.6 Å². The van der Waals surface area contributed by atoms with Gasteiger partial charge >= 0.3 is 0 Å². The Morgan fingerprint density at radius 2 is 1.82 bits per heavy atom. The molecule has 1 aliphatic carbocycles. The first-order valence-corrected chi connectivity index (χ1v) is 9.42. The fourth-order valence-electron chi connectivity index (χ4n) is 3.34. The third-order valence-corrected chi connectivity index (χ3v) is 5.11. The van der Waals surface area contributed by atoms with E-state index in [-0.39, 0.29) is 35.2 Å². The summed E-state index contributed by atoms with van der Waals surface area (Å²) in [6.07, 6.45) is 3.83. The molecule has 148 valence electrons. The van der Waals surface area contributed by atoms with Gasteiger partial charge in [-0.3, -0.25) is 0 Å². The molecule has 0 saturated heterocycles.